The van der Waals surface area contributed by atoms with E-state index >= 15 is 0 Å². The summed E-state index contributed by atoms with van der Waals surface area (Å²) in [5.74, 6) is 0. The van der Waals surface area contributed by atoms with E-state index in [0.717, 1.165) is 23.6 Å². The Morgan fingerprint density at radius 2 is 1.84 bits per heavy atom. The molecule has 3 rings (SSSR count). The zero-order chi connectivity index (χ0) is 18.0. The molecule has 130 valence electrons. The van der Waals surface area contributed by atoms with Crippen LogP contribution in [0.3, 0.4) is 0 Å². The van der Waals surface area contributed by atoms with Crippen LogP contribution < -0.4 is 10.6 Å². The number of anilines is 1. The van der Waals surface area contributed by atoms with Gasteiger partial charge in [-0.25, -0.2) is 0 Å². The second-order valence-electron chi connectivity index (χ2n) is 6.59. The number of fused-ring (bicyclic) bond motifs is 1. The van der Waals surface area contributed by atoms with Gasteiger partial charge in [0.25, 0.3) is 0 Å². The molecule has 1 aromatic heterocycles. The standard InChI is InChI=1S/C20H24N4S/c1-13(2)21-20(25)22-19-14(3)23-24(15(19)4)12-17-10-7-9-16-8-5-6-11-18(16)17/h5-11,13H,12H2,1-4H3,(H2,21,22,25). The highest BCUT2D eigenvalue weighted by Gasteiger charge is 2.14. The highest BCUT2D eigenvalue weighted by molar-refractivity contribution is 7.80. The predicted octanol–water partition coefficient (Wildman–Crippen LogP) is 4.40. The van der Waals surface area contributed by atoms with Crippen molar-refractivity contribution in [3.63, 3.8) is 0 Å². The first kappa shape index (κ1) is 17.4. The fourth-order valence-corrected chi connectivity index (χ4v) is 3.37. The van der Waals surface area contributed by atoms with Gasteiger partial charge in [0.05, 0.1) is 23.6 Å². The minimum absolute atomic E-state index is 0.298. The molecule has 0 aliphatic carbocycles. The van der Waals surface area contributed by atoms with Crippen molar-refractivity contribution in [2.75, 3.05) is 5.32 Å². The van der Waals surface area contributed by atoms with Gasteiger partial charge in [-0.05, 0) is 56.2 Å². The number of aromatic nitrogens is 2. The lowest BCUT2D eigenvalue weighted by molar-refractivity contribution is 0.662. The second-order valence-corrected chi connectivity index (χ2v) is 7.00. The number of benzene rings is 2. The van der Waals surface area contributed by atoms with Crippen molar-refractivity contribution >= 4 is 33.8 Å². The molecule has 0 saturated heterocycles. The Labute approximate surface area is 154 Å². The minimum atomic E-state index is 0.298. The highest BCUT2D eigenvalue weighted by Crippen LogP contribution is 2.23. The molecule has 0 fully saturated rings. The van der Waals surface area contributed by atoms with Crippen LogP contribution in [0.4, 0.5) is 5.69 Å². The van der Waals surface area contributed by atoms with Gasteiger partial charge in [0.2, 0.25) is 0 Å². The number of hydrogen-bond acceptors (Lipinski definition) is 2. The van der Waals surface area contributed by atoms with Crippen molar-refractivity contribution in [3.05, 3.63) is 59.4 Å². The minimum Gasteiger partial charge on any atom is -0.360 e. The Morgan fingerprint density at radius 1 is 1.12 bits per heavy atom. The Bertz CT molecular complexity index is 906. The van der Waals surface area contributed by atoms with Crippen LogP contribution in [0.25, 0.3) is 10.8 Å². The molecular weight excluding hydrogens is 328 g/mol. The fourth-order valence-electron chi connectivity index (χ4n) is 3.04. The lowest BCUT2D eigenvalue weighted by atomic mass is 10.0. The lowest BCUT2D eigenvalue weighted by Crippen LogP contribution is -2.34. The number of nitrogens with zero attached hydrogens (tertiary/aromatic N) is 2. The molecule has 0 aliphatic heterocycles. The summed E-state index contributed by atoms with van der Waals surface area (Å²) >= 11 is 5.37. The summed E-state index contributed by atoms with van der Waals surface area (Å²) in [4.78, 5) is 0. The largest absolute Gasteiger partial charge is 0.360 e. The second kappa shape index (κ2) is 7.23. The van der Waals surface area contributed by atoms with Gasteiger partial charge >= 0.3 is 0 Å². The van der Waals surface area contributed by atoms with Gasteiger partial charge in [-0.2, -0.15) is 5.10 Å². The van der Waals surface area contributed by atoms with Crippen molar-refractivity contribution in [3.8, 4) is 0 Å². The molecule has 3 aromatic rings. The average molecular weight is 353 g/mol. The highest BCUT2D eigenvalue weighted by atomic mass is 32.1. The molecule has 0 bridgehead atoms. The van der Waals surface area contributed by atoms with Gasteiger partial charge in [0, 0.05) is 6.04 Å². The van der Waals surface area contributed by atoms with E-state index in [-0.39, 0.29) is 0 Å². The third-order valence-corrected chi connectivity index (χ3v) is 4.46. The molecule has 5 heteroatoms. The summed E-state index contributed by atoms with van der Waals surface area (Å²) in [5.41, 5.74) is 4.28. The first-order valence-corrected chi connectivity index (χ1v) is 8.94. The van der Waals surface area contributed by atoms with Crippen LogP contribution in [0.5, 0.6) is 0 Å². The summed E-state index contributed by atoms with van der Waals surface area (Å²) in [6.45, 7) is 8.95. The van der Waals surface area contributed by atoms with E-state index in [0.29, 0.717) is 11.2 Å². The molecule has 2 aromatic carbocycles. The molecule has 0 spiro atoms. The first-order valence-electron chi connectivity index (χ1n) is 8.54. The molecule has 25 heavy (non-hydrogen) atoms. The molecule has 0 unspecified atom stereocenters. The fraction of sp³-hybridized carbons (Fsp3) is 0.300. The van der Waals surface area contributed by atoms with Crippen molar-refractivity contribution in [1.82, 2.24) is 15.1 Å². The summed E-state index contributed by atoms with van der Waals surface area (Å²) in [6, 6.07) is 15.2. The van der Waals surface area contributed by atoms with Crippen LogP contribution in [0.15, 0.2) is 42.5 Å². The maximum atomic E-state index is 5.37. The maximum Gasteiger partial charge on any atom is 0.171 e. The third-order valence-electron chi connectivity index (χ3n) is 4.24. The van der Waals surface area contributed by atoms with Gasteiger partial charge in [0.1, 0.15) is 0 Å². The summed E-state index contributed by atoms with van der Waals surface area (Å²) < 4.78 is 2.04. The van der Waals surface area contributed by atoms with Gasteiger partial charge < -0.3 is 10.6 Å². The average Bonchev–Trinajstić information content (AvgIpc) is 2.82. The van der Waals surface area contributed by atoms with E-state index in [2.05, 4.69) is 73.9 Å². The molecule has 0 atom stereocenters. The van der Waals surface area contributed by atoms with Crippen molar-refractivity contribution in [2.24, 2.45) is 0 Å². The molecule has 0 radical (unpaired) electrons. The van der Waals surface area contributed by atoms with Crippen molar-refractivity contribution < 1.29 is 0 Å². The van der Waals surface area contributed by atoms with Gasteiger partial charge in [-0.1, -0.05) is 42.5 Å². The molecule has 2 N–H and O–H groups in total. The Balaban J connectivity index is 1.89. The van der Waals surface area contributed by atoms with Crippen LogP contribution in [-0.2, 0) is 6.54 Å². The Morgan fingerprint density at radius 3 is 2.60 bits per heavy atom. The van der Waals surface area contributed by atoms with E-state index in [4.69, 9.17) is 17.3 Å². The molecule has 4 nitrogen and oxygen atoms in total. The normalized spacial score (nSPS) is 11.1. The molecule has 0 amide bonds. The summed E-state index contributed by atoms with van der Waals surface area (Å²) in [7, 11) is 0. The zero-order valence-corrected chi connectivity index (χ0v) is 15.9. The van der Waals surface area contributed by atoms with E-state index in [1.54, 1.807) is 0 Å². The van der Waals surface area contributed by atoms with Crippen LogP contribution in [-0.4, -0.2) is 20.9 Å². The van der Waals surface area contributed by atoms with Crippen LogP contribution in [0.1, 0.15) is 30.8 Å². The van der Waals surface area contributed by atoms with Crippen LogP contribution in [0.2, 0.25) is 0 Å². The molecule has 0 aliphatic rings. The quantitative estimate of drug-likeness (QED) is 0.683. The number of hydrogen-bond donors (Lipinski definition) is 2. The topological polar surface area (TPSA) is 41.9 Å². The molecule has 0 saturated carbocycles. The van der Waals surface area contributed by atoms with E-state index in [1.807, 2.05) is 11.6 Å². The SMILES string of the molecule is Cc1nn(Cc2cccc3ccccc23)c(C)c1NC(=S)NC(C)C. The first-order chi connectivity index (χ1) is 12.0. The van der Waals surface area contributed by atoms with Crippen LogP contribution >= 0.6 is 12.2 Å². The Hall–Kier alpha value is -2.40. The maximum absolute atomic E-state index is 5.37. The van der Waals surface area contributed by atoms with Gasteiger partial charge in [0.15, 0.2) is 5.11 Å². The smallest absolute Gasteiger partial charge is 0.171 e. The van der Waals surface area contributed by atoms with E-state index in [9.17, 15) is 0 Å². The number of rotatable bonds is 4. The monoisotopic (exact) mass is 352 g/mol. The Kier molecular flexibility index (Phi) is 5.04. The molecular formula is C20H24N4S. The predicted molar refractivity (Wildman–Crippen MR) is 109 cm³/mol. The zero-order valence-electron chi connectivity index (χ0n) is 15.1. The van der Waals surface area contributed by atoms with E-state index < -0.39 is 0 Å². The summed E-state index contributed by atoms with van der Waals surface area (Å²) in [5, 5.41) is 14.4. The third kappa shape index (κ3) is 3.82. The van der Waals surface area contributed by atoms with Gasteiger partial charge in [-0.3, -0.25) is 4.68 Å². The number of nitrogens with one attached hydrogen (secondary N) is 2. The van der Waals surface area contributed by atoms with Crippen molar-refractivity contribution in [1.29, 1.82) is 0 Å². The number of thiocarbonyl (C=S) groups is 1. The van der Waals surface area contributed by atoms with Crippen LogP contribution in [0, 0.1) is 13.8 Å². The van der Waals surface area contributed by atoms with Crippen molar-refractivity contribution in [2.45, 2.75) is 40.3 Å². The molecule has 1 heterocycles. The number of aryl methyl sites for hydroxylation is 1. The summed E-state index contributed by atoms with van der Waals surface area (Å²) in [6.07, 6.45) is 0. The van der Waals surface area contributed by atoms with E-state index in [1.165, 1.54) is 16.3 Å². The van der Waals surface area contributed by atoms with Gasteiger partial charge in [-0.15, -0.1) is 0 Å². The lowest BCUT2D eigenvalue weighted by Gasteiger charge is -2.13.